The predicted octanol–water partition coefficient (Wildman–Crippen LogP) is 2.04. The van der Waals surface area contributed by atoms with Crippen LogP contribution in [0.5, 0.6) is 0 Å². The van der Waals surface area contributed by atoms with Crippen molar-refractivity contribution in [1.29, 1.82) is 5.26 Å². The standard InChI is InChI=1S/C15H16FN3O2/c1-10-5-11(7-17)18-12(6-10)19-8-14(13(20)21)3-2-4-15(14,16)9-19/h5-6H,2-4,8-9H2,1H3,(H,20,21)/t14-,15-/m0/s1. The molecule has 1 saturated carbocycles. The van der Waals surface area contributed by atoms with Crippen molar-refractivity contribution >= 4 is 11.8 Å². The van der Waals surface area contributed by atoms with E-state index in [-0.39, 0.29) is 25.2 Å². The summed E-state index contributed by atoms with van der Waals surface area (Å²) in [6, 6.07) is 5.39. The lowest BCUT2D eigenvalue weighted by molar-refractivity contribution is -0.153. The summed E-state index contributed by atoms with van der Waals surface area (Å²) >= 11 is 0. The summed E-state index contributed by atoms with van der Waals surface area (Å²) in [6.07, 6.45) is 1.22. The minimum Gasteiger partial charge on any atom is -0.481 e. The fraction of sp³-hybridized carbons (Fsp3) is 0.533. The van der Waals surface area contributed by atoms with E-state index in [0.29, 0.717) is 18.7 Å². The average Bonchev–Trinajstić information content (AvgIpc) is 2.89. The van der Waals surface area contributed by atoms with Crippen LogP contribution in [0.2, 0.25) is 0 Å². The van der Waals surface area contributed by atoms with Crippen LogP contribution in [0, 0.1) is 23.7 Å². The number of carboxylic acid groups (broad SMARTS) is 1. The van der Waals surface area contributed by atoms with Gasteiger partial charge in [0.15, 0.2) is 0 Å². The summed E-state index contributed by atoms with van der Waals surface area (Å²) < 4.78 is 15.1. The number of hydrogen-bond donors (Lipinski definition) is 1. The number of carboxylic acids is 1. The quantitative estimate of drug-likeness (QED) is 0.901. The summed E-state index contributed by atoms with van der Waals surface area (Å²) in [5.41, 5.74) is -1.94. The minimum atomic E-state index is -1.71. The zero-order valence-corrected chi connectivity index (χ0v) is 11.8. The van der Waals surface area contributed by atoms with Gasteiger partial charge in [-0.3, -0.25) is 4.79 Å². The number of halogens is 1. The average molecular weight is 289 g/mol. The molecule has 1 aromatic rings. The molecule has 1 saturated heterocycles. The Morgan fingerprint density at radius 1 is 1.48 bits per heavy atom. The Morgan fingerprint density at radius 3 is 2.86 bits per heavy atom. The molecule has 1 aliphatic carbocycles. The van der Waals surface area contributed by atoms with Gasteiger partial charge < -0.3 is 10.0 Å². The number of alkyl halides is 1. The number of pyridine rings is 1. The molecule has 2 fully saturated rings. The van der Waals surface area contributed by atoms with Crippen LogP contribution in [0.3, 0.4) is 0 Å². The van der Waals surface area contributed by atoms with Gasteiger partial charge in [0.05, 0.1) is 6.54 Å². The second-order valence-electron chi connectivity index (χ2n) is 6.06. The first-order chi connectivity index (χ1) is 9.90. The molecule has 110 valence electrons. The smallest absolute Gasteiger partial charge is 0.314 e. The molecule has 21 heavy (non-hydrogen) atoms. The first-order valence-electron chi connectivity index (χ1n) is 6.96. The number of carbonyl (C=O) groups is 1. The summed E-state index contributed by atoms with van der Waals surface area (Å²) in [5.74, 6) is -0.586. The number of aliphatic carboxylic acids is 1. The maximum Gasteiger partial charge on any atom is 0.314 e. The highest BCUT2D eigenvalue weighted by Gasteiger charge is 2.66. The summed E-state index contributed by atoms with van der Waals surface area (Å²) in [4.78, 5) is 17.5. The van der Waals surface area contributed by atoms with E-state index in [2.05, 4.69) is 4.98 Å². The Hall–Kier alpha value is -2.16. The number of aryl methyl sites for hydroxylation is 1. The Bertz CT molecular complexity index is 657. The zero-order valence-electron chi connectivity index (χ0n) is 11.8. The molecule has 0 aromatic carbocycles. The van der Waals surface area contributed by atoms with Crippen molar-refractivity contribution in [3.05, 3.63) is 23.4 Å². The Morgan fingerprint density at radius 2 is 2.24 bits per heavy atom. The predicted molar refractivity (Wildman–Crippen MR) is 73.7 cm³/mol. The van der Waals surface area contributed by atoms with E-state index in [9.17, 15) is 9.90 Å². The van der Waals surface area contributed by atoms with Crippen molar-refractivity contribution in [2.24, 2.45) is 5.41 Å². The molecule has 2 heterocycles. The highest BCUT2D eigenvalue weighted by molar-refractivity contribution is 5.79. The van der Waals surface area contributed by atoms with Gasteiger partial charge in [0.25, 0.3) is 0 Å². The van der Waals surface area contributed by atoms with Gasteiger partial charge >= 0.3 is 5.97 Å². The minimum absolute atomic E-state index is 0.0284. The molecule has 1 N–H and O–H groups in total. The second-order valence-corrected chi connectivity index (χ2v) is 6.06. The fourth-order valence-electron chi connectivity index (χ4n) is 3.67. The van der Waals surface area contributed by atoms with E-state index < -0.39 is 17.1 Å². The van der Waals surface area contributed by atoms with Gasteiger partial charge in [-0.25, -0.2) is 9.37 Å². The number of aromatic nitrogens is 1. The third kappa shape index (κ3) is 1.88. The van der Waals surface area contributed by atoms with E-state index in [1.165, 1.54) is 0 Å². The van der Waals surface area contributed by atoms with Crippen LogP contribution in [-0.4, -0.2) is 34.8 Å². The SMILES string of the molecule is Cc1cc(C#N)nc(N2C[C@@]3(F)CCC[C@@]3(C(=O)O)C2)c1. The number of rotatable bonds is 2. The molecule has 5 nitrogen and oxygen atoms in total. The van der Waals surface area contributed by atoms with Crippen LogP contribution in [0.15, 0.2) is 12.1 Å². The molecule has 0 radical (unpaired) electrons. The molecule has 0 bridgehead atoms. The van der Waals surface area contributed by atoms with Crippen LogP contribution in [0.25, 0.3) is 0 Å². The van der Waals surface area contributed by atoms with Crippen molar-refractivity contribution in [3.8, 4) is 6.07 Å². The highest BCUT2D eigenvalue weighted by Crippen LogP contribution is 2.54. The maximum absolute atomic E-state index is 15.1. The van der Waals surface area contributed by atoms with Crippen molar-refractivity contribution < 1.29 is 14.3 Å². The van der Waals surface area contributed by atoms with Crippen molar-refractivity contribution in [2.75, 3.05) is 18.0 Å². The molecule has 1 aliphatic heterocycles. The lowest BCUT2D eigenvalue weighted by Gasteiger charge is -2.27. The molecule has 1 aromatic heterocycles. The van der Waals surface area contributed by atoms with Crippen molar-refractivity contribution in [2.45, 2.75) is 31.9 Å². The molecular weight excluding hydrogens is 273 g/mol. The van der Waals surface area contributed by atoms with Crippen LogP contribution in [-0.2, 0) is 4.79 Å². The van der Waals surface area contributed by atoms with Gasteiger partial charge in [0, 0.05) is 6.54 Å². The molecule has 2 aliphatic rings. The Kier molecular flexibility index (Phi) is 2.90. The first-order valence-corrected chi connectivity index (χ1v) is 6.96. The molecule has 2 atom stereocenters. The molecule has 0 spiro atoms. The van der Waals surface area contributed by atoms with Crippen LogP contribution in [0.4, 0.5) is 10.2 Å². The Labute approximate surface area is 122 Å². The van der Waals surface area contributed by atoms with Gasteiger partial charge in [-0.05, 0) is 43.9 Å². The second kappa shape index (κ2) is 4.42. The molecule has 0 amide bonds. The summed E-state index contributed by atoms with van der Waals surface area (Å²) in [7, 11) is 0. The van der Waals surface area contributed by atoms with E-state index in [1.807, 2.05) is 13.0 Å². The molecule has 0 unspecified atom stereocenters. The third-order valence-corrected chi connectivity index (χ3v) is 4.74. The first kappa shape index (κ1) is 13.8. The fourth-order valence-corrected chi connectivity index (χ4v) is 3.67. The van der Waals surface area contributed by atoms with Crippen molar-refractivity contribution in [3.63, 3.8) is 0 Å². The van der Waals surface area contributed by atoms with Crippen molar-refractivity contribution in [1.82, 2.24) is 4.98 Å². The van der Waals surface area contributed by atoms with Gasteiger partial charge in [-0.1, -0.05) is 0 Å². The van der Waals surface area contributed by atoms with Gasteiger partial charge in [0.1, 0.15) is 28.7 Å². The van der Waals surface area contributed by atoms with E-state index in [1.54, 1.807) is 17.0 Å². The molecule has 3 rings (SSSR count). The van der Waals surface area contributed by atoms with Gasteiger partial charge in [0.2, 0.25) is 0 Å². The number of anilines is 1. The number of nitriles is 1. The van der Waals surface area contributed by atoms with E-state index >= 15 is 4.39 Å². The largest absolute Gasteiger partial charge is 0.481 e. The van der Waals surface area contributed by atoms with Gasteiger partial charge in [-0.2, -0.15) is 5.26 Å². The van der Waals surface area contributed by atoms with E-state index in [4.69, 9.17) is 5.26 Å². The zero-order chi connectivity index (χ0) is 15.3. The summed E-state index contributed by atoms with van der Waals surface area (Å²) in [5, 5.41) is 18.5. The van der Waals surface area contributed by atoms with Gasteiger partial charge in [-0.15, -0.1) is 0 Å². The lowest BCUT2D eigenvalue weighted by atomic mass is 9.78. The lowest BCUT2D eigenvalue weighted by Crippen LogP contribution is -2.45. The molecule has 6 heteroatoms. The number of fused-ring (bicyclic) bond motifs is 1. The summed E-state index contributed by atoms with van der Waals surface area (Å²) in [6.45, 7) is 1.97. The number of hydrogen-bond acceptors (Lipinski definition) is 4. The van der Waals surface area contributed by atoms with Crippen LogP contribution < -0.4 is 4.90 Å². The maximum atomic E-state index is 15.1. The highest BCUT2D eigenvalue weighted by atomic mass is 19.1. The van der Waals surface area contributed by atoms with Crippen LogP contribution in [0.1, 0.15) is 30.5 Å². The number of nitrogens with zero attached hydrogens (tertiary/aromatic N) is 3. The Balaban J connectivity index is 1.99. The van der Waals surface area contributed by atoms with E-state index in [0.717, 1.165) is 5.56 Å². The topological polar surface area (TPSA) is 77.2 Å². The van der Waals surface area contributed by atoms with Crippen LogP contribution >= 0.6 is 0 Å². The normalized spacial score (nSPS) is 31.0. The third-order valence-electron chi connectivity index (χ3n) is 4.74. The monoisotopic (exact) mass is 289 g/mol. The molecular formula is C15H16FN3O2.